The number of anilines is 1. The Balaban J connectivity index is 1.49. The van der Waals surface area contributed by atoms with Gasteiger partial charge in [-0.3, -0.25) is 9.71 Å². The molecule has 2 N–H and O–H groups in total. The molecule has 0 aliphatic carbocycles. The van der Waals surface area contributed by atoms with Gasteiger partial charge in [0.2, 0.25) is 5.88 Å². The summed E-state index contributed by atoms with van der Waals surface area (Å²) >= 11 is 9.42. The van der Waals surface area contributed by atoms with Gasteiger partial charge < -0.3 is 9.47 Å². The number of rotatable bonds is 12. The first-order valence-corrected chi connectivity index (χ1v) is 15.1. The third kappa shape index (κ3) is 7.97. The van der Waals surface area contributed by atoms with Gasteiger partial charge >= 0.3 is 16.2 Å². The van der Waals surface area contributed by atoms with Gasteiger partial charge in [0.1, 0.15) is 13.2 Å². The molecule has 0 saturated carbocycles. The molecule has 0 saturated heterocycles. The van der Waals surface area contributed by atoms with E-state index in [9.17, 15) is 8.42 Å². The Bertz CT molecular complexity index is 1730. The first kappa shape index (κ1) is 29.3. The number of hydrogen-bond donors (Lipinski definition) is 2. The predicted octanol–water partition coefficient (Wildman–Crippen LogP) is 5.32. The second-order valence-corrected chi connectivity index (χ2v) is 11.5. The molecule has 3 aromatic heterocycles. The van der Waals surface area contributed by atoms with Crippen molar-refractivity contribution in [3.63, 3.8) is 0 Å². The molecule has 0 spiro atoms. The Labute approximate surface area is 255 Å². The molecule has 0 unspecified atom stereocenters. The Morgan fingerprint density at radius 1 is 0.833 bits per heavy atom. The van der Waals surface area contributed by atoms with Crippen LogP contribution in [0, 0.1) is 0 Å². The van der Waals surface area contributed by atoms with Gasteiger partial charge in [0.15, 0.2) is 11.6 Å². The maximum absolute atomic E-state index is 13.2. The molecule has 42 heavy (non-hydrogen) atoms. The van der Waals surface area contributed by atoms with Crippen LogP contribution in [-0.2, 0) is 16.8 Å². The lowest BCUT2D eigenvalue weighted by molar-refractivity contribution is 0.202. The van der Waals surface area contributed by atoms with Gasteiger partial charge in [-0.2, -0.15) is 18.1 Å². The van der Waals surface area contributed by atoms with E-state index < -0.39 is 10.2 Å². The van der Waals surface area contributed by atoms with Crippen molar-refractivity contribution in [1.82, 2.24) is 29.6 Å². The van der Waals surface area contributed by atoms with Gasteiger partial charge in [-0.05, 0) is 51.3 Å². The number of hydrogen-bond acceptors (Lipinski definition) is 9. The quantitative estimate of drug-likeness (QED) is 0.169. The zero-order valence-corrected chi connectivity index (χ0v) is 25.0. The molecule has 0 fully saturated rings. The number of benzene rings is 2. The maximum Gasteiger partial charge on any atom is 0.316 e. The summed E-state index contributed by atoms with van der Waals surface area (Å²) in [6.45, 7) is 0.217. The fourth-order valence-corrected chi connectivity index (χ4v) is 4.87. The number of aromatic nitrogens is 5. The van der Waals surface area contributed by atoms with Gasteiger partial charge in [0, 0.05) is 41.9 Å². The summed E-state index contributed by atoms with van der Waals surface area (Å²) in [6, 6.07) is 19.6. The topological polar surface area (TPSA) is 141 Å². The van der Waals surface area contributed by atoms with Crippen molar-refractivity contribution in [3.8, 4) is 34.4 Å². The normalized spacial score (nSPS) is 11.2. The van der Waals surface area contributed by atoms with Gasteiger partial charge in [-0.25, -0.2) is 15.0 Å². The van der Waals surface area contributed by atoms with E-state index in [1.165, 1.54) is 0 Å². The number of pyridine rings is 1. The predicted molar refractivity (Wildman–Crippen MR) is 162 cm³/mol. The van der Waals surface area contributed by atoms with E-state index in [0.29, 0.717) is 21.7 Å². The van der Waals surface area contributed by atoms with Crippen LogP contribution < -0.4 is 18.9 Å². The van der Waals surface area contributed by atoms with E-state index in [-0.39, 0.29) is 43.3 Å². The van der Waals surface area contributed by atoms with Crippen LogP contribution in [0.2, 0.25) is 5.02 Å². The second-order valence-electron chi connectivity index (χ2n) is 8.61. The summed E-state index contributed by atoms with van der Waals surface area (Å²) in [7, 11) is -4.08. The number of nitrogens with zero attached hydrogens (tertiary/aromatic N) is 5. The lowest BCUT2D eigenvalue weighted by Crippen LogP contribution is -2.30. The molecule has 2 aromatic carbocycles. The number of ether oxygens (including phenoxy) is 2. The van der Waals surface area contributed by atoms with Crippen molar-refractivity contribution in [2.75, 3.05) is 17.9 Å². The number of halogens is 2. The highest BCUT2D eigenvalue weighted by Gasteiger charge is 2.23. The van der Waals surface area contributed by atoms with Gasteiger partial charge in [0.25, 0.3) is 0 Å². The van der Waals surface area contributed by atoms with E-state index in [2.05, 4.69) is 50.3 Å². The molecule has 0 aliphatic rings. The van der Waals surface area contributed by atoms with Crippen LogP contribution in [0.5, 0.6) is 11.9 Å². The summed E-state index contributed by atoms with van der Waals surface area (Å²) in [6.07, 6.45) is 6.31. The van der Waals surface area contributed by atoms with E-state index in [4.69, 9.17) is 21.1 Å². The molecular weight excluding hydrogens is 646 g/mol. The van der Waals surface area contributed by atoms with Crippen LogP contribution in [0.25, 0.3) is 22.5 Å². The van der Waals surface area contributed by atoms with E-state index in [0.717, 1.165) is 10.0 Å². The lowest BCUT2D eigenvalue weighted by Gasteiger charge is -2.18. The molecular formula is C28H23BrClN7O4S. The van der Waals surface area contributed by atoms with Crippen molar-refractivity contribution < 1.29 is 17.9 Å². The van der Waals surface area contributed by atoms with Crippen molar-refractivity contribution in [2.24, 2.45) is 0 Å². The zero-order chi connectivity index (χ0) is 29.4. The highest BCUT2D eigenvalue weighted by molar-refractivity contribution is 9.10. The Morgan fingerprint density at radius 3 is 2.24 bits per heavy atom. The average Bonchev–Trinajstić information content (AvgIpc) is 3.00. The van der Waals surface area contributed by atoms with E-state index in [1.54, 1.807) is 61.2 Å². The largest absolute Gasteiger partial charge is 0.473 e. The Kier molecular flexibility index (Phi) is 9.54. The molecule has 0 amide bonds. The lowest BCUT2D eigenvalue weighted by atomic mass is 10.1. The van der Waals surface area contributed by atoms with Crippen LogP contribution >= 0.6 is 27.5 Å². The minimum Gasteiger partial charge on any atom is -0.473 e. The SMILES string of the molecule is O=S(=O)(NCc1ccccc1)Nc1nc(-c2ccncc2)nc(OCCOc2ncc(Br)cn2)c1-c1ccc(Cl)cc1. The summed E-state index contributed by atoms with van der Waals surface area (Å²) in [4.78, 5) is 21.4. The molecule has 3 heterocycles. The fourth-order valence-electron chi connectivity index (χ4n) is 3.71. The molecule has 14 heteroatoms. The van der Waals surface area contributed by atoms with Crippen molar-refractivity contribution in [3.05, 3.63) is 107 Å². The molecule has 0 atom stereocenters. The minimum atomic E-state index is -4.08. The summed E-state index contributed by atoms with van der Waals surface area (Å²) in [5.41, 5.74) is 2.29. The van der Waals surface area contributed by atoms with Crippen LogP contribution in [0.3, 0.4) is 0 Å². The standard InChI is InChI=1S/C28H23BrClN7O4S/c29-22-17-32-28(33-18-22)41-15-14-40-27-24(20-6-8-23(30)9-7-20)26(35-25(36-27)21-10-12-31-13-11-21)37-42(38,39)34-16-19-4-2-1-3-5-19/h1-13,17-18,34H,14-16H2,(H,35,36,37). The summed E-state index contributed by atoms with van der Waals surface area (Å²) in [5.74, 6) is 0.357. The molecule has 214 valence electrons. The summed E-state index contributed by atoms with van der Waals surface area (Å²) in [5, 5.41) is 0.505. The molecule has 0 aliphatic heterocycles. The van der Waals surface area contributed by atoms with Crippen molar-refractivity contribution in [1.29, 1.82) is 0 Å². The third-order valence-electron chi connectivity index (χ3n) is 5.64. The Hall–Kier alpha value is -4.17. The fraction of sp³-hybridized carbons (Fsp3) is 0.107. The van der Waals surface area contributed by atoms with Crippen LogP contribution in [0.4, 0.5) is 5.82 Å². The third-order valence-corrected chi connectivity index (χ3v) is 7.29. The van der Waals surface area contributed by atoms with Gasteiger partial charge in [0.05, 0.1) is 10.0 Å². The van der Waals surface area contributed by atoms with E-state index >= 15 is 0 Å². The van der Waals surface area contributed by atoms with Crippen LogP contribution in [0.15, 0.2) is 96.0 Å². The average molecular weight is 669 g/mol. The van der Waals surface area contributed by atoms with Crippen molar-refractivity contribution >= 4 is 43.6 Å². The first-order chi connectivity index (χ1) is 20.4. The molecule has 5 rings (SSSR count). The number of nitrogens with one attached hydrogen (secondary N) is 2. The second kappa shape index (κ2) is 13.7. The highest BCUT2D eigenvalue weighted by atomic mass is 79.9. The van der Waals surface area contributed by atoms with Crippen molar-refractivity contribution in [2.45, 2.75) is 6.54 Å². The van der Waals surface area contributed by atoms with Crippen LogP contribution in [0.1, 0.15) is 5.56 Å². The molecule has 5 aromatic rings. The monoisotopic (exact) mass is 667 g/mol. The molecule has 0 bridgehead atoms. The van der Waals surface area contributed by atoms with Crippen LogP contribution in [-0.4, -0.2) is 46.6 Å². The van der Waals surface area contributed by atoms with Gasteiger partial charge in [-0.1, -0.05) is 54.1 Å². The minimum absolute atomic E-state index is 0.00635. The molecule has 0 radical (unpaired) electrons. The Morgan fingerprint density at radius 2 is 1.52 bits per heavy atom. The molecule has 11 nitrogen and oxygen atoms in total. The summed E-state index contributed by atoms with van der Waals surface area (Å²) < 4.78 is 43.9. The van der Waals surface area contributed by atoms with Gasteiger partial charge in [-0.15, -0.1) is 0 Å². The zero-order valence-electron chi connectivity index (χ0n) is 21.8. The smallest absolute Gasteiger partial charge is 0.316 e. The maximum atomic E-state index is 13.2. The highest BCUT2D eigenvalue weighted by Crippen LogP contribution is 2.37. The van der Waals surface area contributed by atoms with E-state index in [1.807, 2.05) is 30.3 Å². The first-order valence-electron chi connectivity index (χ1n) is 12.5.